The maximum absolute atomic E-state index is 13.4. The summed E-state index contributed by atoms with van der Waals surface area (Å²) in [5.74, 6) is 0.0991. The third kappa shape index (κ3) is 6.12. The summed E-state index contributed by atoms with van der Waals surface area (Å²) >= 11 is 0. The molecular weight excluding hydrogens is 460 g/mol. The molecule has 1 aromatic carbocycles. The number of aromatic nitrogens is 4. The number of nitrogens with one attached hydrogen (secondary N) is 1. The Morgan fingerprint density at radius 1 is 1.19 bits per heavy atom. The molecule has 0 spiro atoms. The molecule has 0 unspecified atom stereocenters. The van der Waals surface area contributed by atoms with Crippen molar-refractivity contribution < 1.29 is 9.53 Å². The van der Waals surface area contributed by atoms with Crippen molar-refractivity contribution in [3.8, 4) is 0 Å². The van der Waals surface area contributed by atoms with Crippen LogP contribution in [0.1, 0.15) is 42.8 Å². The van der Waals surface area contributed by atoms with Crippen LogP contribution in [0.5, 0.6) is 0 Å². The van der Waals surface area contributed by atoms with Crippen molar-refractivity contribution in [1.29, 1.82) is 0 Å². The van der Waals surface area contributed by atoms with Gasteiger partial charge in [0.1, 0.15) is 5.82 Å². The summed E-state index contributed by atoms with van der Waals surface area (Å²) in [5, 5.41) is 4.63. The largest absolute Gasteiger partial charge is 0.383 e. The number of hydrogen-bond donors (Lipinski definition) is 2. The van der Waals surface area contributed by atoms with Gasteiger partial charge in [-0.05, 0) is 37.3 Å². The fourth-order valence-electron chi connectivity index (χ4n) is 4.29. The molecule has 2 heterocycles. The van der Waals surface area contributed by atoms with Gasteiger partial charge < -0.3 is 15.4 Å². The number of nitrogen functional groups attached to an aromatic ring is 1. The molecule has 0 aliphatic carbocycles. The summed E-state index contributed by atoms with van der Waals surface area (Å²) in [6.07, 6.45) is 0.620. The topological polar surface area (TPSA) is 128 Å². The SMILES string of the molecule is COCCN(C(=O)CCc1c(C)nn(CC(C)C)c1C)c1c(N)n(Cc2ccccc2)c(=O)[nH]c1=O. The number of aromatic amines is 1. The second kappa shape index (κ2) is 11.9. The first kappa shape index (κ1) is 26.9. The minimum absolute atomic E-state index is 0.0449. The molecule has 194 valence electrons. The Balaban J connectivity index is 1.92. The van der Waals surface area contributed by atoms with E-state index in [2.05, 4.69) is 23.9 Å². The Morgan fingerprint density at radius 3 is 2.53 bits per heavy atom. The number of amides is 1. The Labute approximate surface area is 210 Å². The Hall–Kier alpha value is -3.66. The zero-order valence-corrected chi connectivity index (χ0v) is 21.7. The highest BCUT2D eigenvalue weighted by molar-refractivity contribution is 5.95. The molecule has 0 atom stereocenters. The predicted molar refractivity (Wildman–Crippen MR) is 140 cm³/mol. The highest BCUT2D eigenvalue weighted by Crippen LogP contribution is 2.21. The van der Waals surface area contributed by atoms with Crippen LogP contribution in [0.15, 0.2) is 39.9 Å². The minimum Gasteiger partial charge on any atom is -0.383 e. The van der Waals surface area contributed by atoms with Gasteiger partial charge in [-0.3, -0.25) is 23.8 Å². The first-order valence-electron chi connectivity index (χ1n) is 12.1. The fraction of sp³-hybridized carbons (Fsp3) is 0.462. The normalized spacial score (nSPS) is 11.3. The van der Waals surface area contributed by atoms with Crippen LogP contribution in [-0.2, 0) is 29.0 Å². The molecule has 3 rings (SSSR count). The molecule has 0 aliphatic heterocycles. The molecule has 0 aliphatic rings. The van der Waals surface area contributed by atoms with Gasteiger partial charge >= 0.3 is 5.69 Å². The molecule has 3 N–H and O–H groups in total. The lowest BCUT2D eigenvalue weighted by Gasteiger charge is -2.24. The second-order valence-corrected chi connectivity index (χ2v) is 9.33. The van der Waals surface area contributed by atoms with Gasteiger partial charge in [0, 0.05) is 32.3 Å². The summed E-state index contributed by atoms with van der Waals surface area (Å²) in [4.78, 5) is 42.5. The van der Waals surface area contributed by atoms with Gasteiger partial charge in [0.05, 0.1) is 18.8 Å². The molecule has 10 nitrogen and oxygen atoms in total. The summed E-state index contributed by atoms with van der Waals surface area (Å²) in [5.41, 5.74) is 8.74. The number of aryl methyl sites for hydroxylation is 1. The molecular formula is C26H36N6O4. The number of carbonyl (C=O) groups excluding carboxylic acids is 1. The van der Waals surface area contributed by atoms with Crippen LogP contribution in [0.4, 0.5) is 11.5 Å². The number of methoxy groups -OCH3 is 1. The summed E-state index contributed by atoms with van der Waals surface area (Å²) in [6, 6.07) is 9.29. The lowest BCUT2D eigenvalue weighted by Crippen LogP contribution is -2.42. The van der Waals surface area contributed by atoms with Gasteiger partial charge in [-0.1, -0.05) is 44.2 Å². The van der Waals surface area contributed by atoms with Gasteiger partial charge in [-0.2, -0.15) is 5.10 Å². The molecule has 0 fully saturated rings. The highest BCUT2D eigenvalue weighted by atomic mass is 16.5. The maximum Gasteiger partial charge on any atom is 0.330 e. The number of H-pyrrole nitrogens is 1. The van der Waals surface area contributed by atoms with Crippen molar-refractivity contribution in [2.75, 3.05) is 30.9 Å². The summed E-state index contributed by atoms with van der Waals surface area (Å²) < 4.78 is 8.43. The molecule has 0 saturated heterocycles. The zero-order chi connectivity index (χ0) is 26.4. The first-order valence-corrected chi connectivity index (χ1v) is 12.1. The molecule has 36 heavy (non-hydrogen) atoms. The van der Waals surface area contributed by atoms with E-state index < -0.39 is 11.2 Å². The van der Waals surface area contributed by atoms with Crippen molar-refractivity contribution >= 4 is 17.4 Å². The molecule has 0 saturated carbocycles. The third-order valence-electron chi connectivity index (χ3n) is 6.15. The number of hydrogen-bond acceptors (Lipinski definition) is 6. The van der Waals surface area contributed by atoms with Gasteiger partial charge in [-0.25, -0.2) is 4.79 Å². The molecule has 0 bridgehead atoms. The molecule has 0 radical (unpaired) electrons. The Bertz CT molecular complexity index is 1310. The fourth-order valence-corrected chi connectivity index (χ4v) is 4.29. The molecule has 3 aromatic rings. The third-order valence-corrected chi connectivity index (χ3v) is 6.15. The predicted octanol–water partition coefficient (Wildman–Crippen LogP) is 2.25. The van der Waals surface area contributed by atoms with Crippen LogP contribution >= 0.6 is 0 Å². The van der Waals surface area contributed by atoms with Crippen LogP contribution in [0.2, 0.25) is 0 Å². The van der Waals surface area contributed by atoms with E-state index in [1.165, 1.54) is 16.6 Å². The van der Waals surface area contributed by atoms with Crippen molar-refractivity contribution in [3.63, 3.8) is 0 Å². The number of carbonyl (C=O) groups is 1. The van der Waals surface area contributed by atoms with E-state index in [1.54, 1.807) is 0 Å². The van der Waals surface area contributed by atoms with Crippen molar-refractivity contribution in [2.45, 2.75) is 53.6 Å². The lowest BCUT2D eigenvalue weighted by atomic mass is 10.1. The monoisotopic (exact) mass is 496 g/mol. The zero-order valence-electron chi connectivity index (χ0n) is 21.7. The average Bonchev–Trinajstić information content (AvgIpc) is 3.09. The minimum atomic E-state index is -0.705. The van der Waals surface area contributed by atoms with Crippen molar-refractivity contribution in [1.82, 2.24) is 19.3 Å². The van der Waals surface area contributed by atoms with Crippen molar-refractivity contribution in [2.24, 2.45) is 5.92 Å². The van der Waals surface area contributed by atoms with Crippen molar-refractivity contribution in [3.05, 3.63) is 73.7 Å². The van der Waals surface area contributed by atoms with Crippen LogP contribution in [-0.4, -0.2) is 45.5 Å². The van der Waals surface area contributed by atoms with E-state index >= 15 is 0 Å². The van der Waals surface area contributed by atoms with Gasteiger partial charge in [0.2, 0.25) is 5.91 Å². The smallest absolute Gasteiger partial charge is 0.330 e. The number of nitrogens with zero attached hydrogens (tertiary/aromatic N) is 4. The molecule has 1 amide bonds. The van der Waals surface area contributed by atoms with Crippen LogP contribution in [0.25, 0.3) is 0 Å². The van der Waals surface area contributed by atoms with Crippen LogP contribution in [0, 0.1) is 19.8 Å². The number of ether oxygens (including phenoxy) is 1. The number of anilines is 2. The van der Waals surface area contributed by atoms with E-state index in [-0.39, 0.29) is 43.5 Å². The number of nitrogens with two attached hydrogens (primary N) is 1. The van der Waals surface area contributed by atoms with E-state index in [0.717, 1.165) is 29.1 Å². The number of rotatable bonds is 11. The van der Waals surface area contributed by atoms with Gasteiger partial charge in [0.15, 0.2) is 5.69 Å². The number of benzene rings is 1. The Morgan fingerprint density at radius 2 is 1.89 bits per heavy atom. The maximum atomic E-state index is 13.4. The van der Waals surface area contributed by atoms with Crippen LogP contribution in [0.3, 0.4) is 0 Å². The molecule has 2 aromatic heterocycles. The standard InChI is InChI=1S/C26H36N6O4/c1-17(2)15-32-19(4)21(18(3)29-32)11-12-22(33)30(13-14-36-5)23-24(27)31(26(35)28-25(23)34)16-20-9-7-6-8-10-20/h6-10,17H,11-16,27H2,1-5H3,(H,28,34,35). The van der Waals surface area contributed by atoms with E-state index in [1.807, 2.05) is 48.9 Å². The average molecular weight is 497 g/mol. The quantitative estimate of drug-likeness (QED) is 0.419. The lowest BCUT2D eigenvalue weighted by molar-refractivity contribution is -0.118. The summed E-state index contributed by atoms with van der Waals surface area (Å²) in [6.45, 7) is 9.49. The Kier molecular flexibility index (Phi) is 8.87. The van der Waals surface area contributed by atoms with Gasteiger partial charge in [-0.15, -0.1) is 0 Å². The van der Waals surface area contributed by atoms with Gasteiger partial charge in [0.25, 0.3) is 5.56 Å². The van der Waals surface area contributed by atoms with E-state index in [4.69, 9.17) is 10.5 Å². The summed E-state index contributed by atoms with van der Waals surface area (Å²) in [7, 11) is 1.52. The molecule has 10 heteroatoms. The van der Waals surface area contributed by atoms with E-state index in [9.17, 15) is 14.4 Å². The second-order valence-electron chi connectivity index (χ2n) is 9.33. The first-order chi connectivity index (χ1) is 17.1. The van der Waals surface area contributed by atoms with E-state index in [0.29, 0.717) is 12.3 Å². The highest BCUT2D eigenvalue weighted by Gasteiger charge is 2.25. The van der Waals surface area contributed by atoms with Crippen LogP contribution < -0.4 is 21.9 Å².